The van der Waals surface area contributed by atoms with Crippen molar-refractivity contribution >= 4 is 23.0 Å². The van der Waals surface area contributed by atoms with Gasteiger partial charge in [0.1, 0.15) is 0 Å². The molecule has 0 heterocycles. The predicted molar refractivity (Wildman–Crippen MR) is 39.2 cm³/mol. The molecular formula is C3H10N4OS. The van der Waals surface area contributed by atoms with Gasteiger partial charge in [0, 0.05) is 0 Å². The molecule has 5 nitrogen and oxygen atoms in total. The summed E-state index contributed by atoms with van der Waals surface area (Å²) >= 11 is 1.24. The fraction of sp³-hybridized carbons (Fsp3) is 0.333. The van der Waals surface area contributed by atoms with Crippen LogP contribution in [0.15, 0.2) is 0 Å². The Hall–Kier alpha value is -0.910. The number of thioether (sulfide) groups is 1. The summed E-state index contributed by atoms with van der Waals surface area (Å²) in [5.41, 5.74) is 13.3. The average Bonchev–Trinajstić information content (AvgIpc) is 1.65. The molecule has 9 heavy (non-hydrogen) atoms. The van der Waals surface area contributed by atoms with E-state index in [0.717, 1.165) is 0 Å². The number of hydrogen-bond acceptors (Lipinski definition) is 3. The Balaban J connectivity index is 0. The average molecular weight is 150 g/mol. The molecule has 0 aromatic carbocycles. The zero-order chi connectivity index (χ0) is 7.86. The van der Waals surface area contributed by atoms with Crippen molar-refractivity contribution in [1.82, 2.24) is 0 Å². The van der Waals surface area contributed by atoms with Crippen LogP contribution < -0.4 is 17.2 Å². The van der Waals surface area contributed by atoms with Gasteiger partial charge < -0.3 is 17.2 Å². The Labute approximate surface area is 57.5 Å². The lowest BCUT2D eigenvalue weighted by Crippen LogP contribution is -2.18. The number of primary amides is 2. The molecule has 0 saturated carbocycles. The number of urea groups is 1. The van der Waals surface area contributed by atoms with E-state index in [4.69, 9.17) is 15.9 Å². The highest BCUT2D eigenvalue weighted by Gasteiger charge is 1.71. The van der Waals surface area contributed by atoms with Crippen molar-refractivity contribution in [3.63, 3.8) is 0 Å². The van der Waals surface area contributed by atoms with Crippen LogP contribution in [-0.4, -0.2) is 17.5 Å². The fourth-order valence-electron chi connectivity index (χ4n) is 0. The maximum atomic E-state index is 9.00. The molecule has 0 radical (unpaired) electrons. The largest absolute Gasteiger partial charge is 0.379 e. The van der Waals surface area contributed by atoms with Crippen molar-refractivity contribution in [1.29, 1.82) is 5.41 Å². The van der Waals surface area contributed by atoms with Gasteiger partial charge in [0.15, 0.2) is 5.17 Å². The molecule has 0 aromatic rings. The number of hydrogen-bond donors (Lipinski definition) is 4. The van der Waals surface area contributed by atoms with Gasteiger partial charge in [0.05, 0.1) is 0 Å². The summed E-state index contributed by atoms with van der Waals surface area (Å²) in [7, 11) is 0. The van der Waals surface area contributed by atoms with Crippen LogP contribution in [0.1, 0.15) is 0 Å². The van der Waals surface area contributed by atoms with Gasteiger partial charge in [-0.2, -0.15) is 0 Å². The summed E-state index contributed by atoms with van der Waals surface area (Å²) in [6.45, 7) is 0. The predicted octanol–water partition coefficient (Wildman–Crippen LogP) is -0.733. The number of nitrogens with two attached hydrogens (primary N) is 3. The number of carbonyl (C=O) groups excluding carboxylic acids is 1. The second-order valence-corrected chi connectivity index (χ2v) is 1.82. The van der Waals surface area contributed by atoms with E-state index < -0.39 is 6.03 Å². The summed E-state index contributed by atoms with van der Waals surface area (Å²) in [5.74, 6) is 0. The first-order chi connectivity index (χ1) is 4.00. The van der Waals surface area contributed by atoms with Crippen molar-refractivity contribution in [2.75, 3.05) is 6.26 Å². The highest BCUT2D eigenvalue weighted by atomic mass is 32.2. The Morgan fingerprint density at radius 3 is 1.56 bits per heavy atom. The maximum absolute atomic E-state index is 9.00. The standard InChI is InChI=1S/C2H6N2S.CH4N2O/c1-5-2(3)4;2-1(3)4/h1H3,(H3,3,4);(H4,2,3,4). The monoisotopic (exact) mass is 150 g/mol. The lowest BCUT2D eigenvalue weighted by atomic mass is 11.2. The number of carbonyl (C=O) groups is 1. The van der Waals surface area contributed by atoms with E-state index in [1.807, 2.05) is 0 Å². The van der Waals surface area contributed by atoms with Crippen LogP contribution in [0, 0.1) is 5.41 Å². The lowest BCUT2D eigenvalue weighted by Gasteiger charge is -1.78. The summed E-state index contributed by atoms with van der Waals surface area (Å²) < 4.78 is 0. The van der Waals surface area contributed by atoms with Gasteiger partial charge >= 0.3 is 6.03 Å². The topological polar surface area (TPSA) is 119 Å². The molecule has 0 aliphatic rings. The molecule has 0 aliphatic carbocycles. The summed E-state index contributed by atoms with van der Waals surface area (Å²) in [5, 5.41) is 6.66. The van der Waals surface area contributed by atoms with Crippen LogP contribution >= 0.6 is 11.8 Å². The molecule has 0 spiro atoms. The van der Waals surface area contributed by atoms with Gasteiger partial charge in [-0.3, -0.25) is 5.41 Å². The van der Waals surface area contributed by atoms with Crippen molar-refractivity contribution < 1.29 is 4.79 Å². The van der Waals surface area contributed by atoms with E-state index in [2.05, 4.69) is 11.5 Å². The van der Waals surface area contributed by atoms with E-state index in [9.17, 15) is 0 Å². The smallest absolute Gasteiger partial charge is 0.309 e. The van der Waals surface area contributed by atoms with Gasteiger partial charge in [-0.25, -0.2) is 4.79 Å². The normalized spacial score (nSPS) is 6.78. The molecule has 0 saturated heterocycles. The second-order valence-electron chi connectivity index (χ2n) is 0.971. The van der Waals surface area contributed by atoms with Gasteiger partial charge in [0.2, 0.25) is 0 Å². The first kappa shape index (κ1) is 11.0. The molecule has 0 atom stereocenters. The third-order valence-electron chi connectivity index (χ3n) is 0.220. The van der Waals surface area contributed by atoms with Gasteiger partial charge in [0.25, 0.3) is 0 Å². The lowest BCUT2D eigenvalue weighted by molar-refractivity contribution is 0.256. The molecule has 0 fully saturated rings. The van der Waals surface area contributed by atoms with Crippen LogP contribution in [0.4, 0.5) is 4.79 Å². The van der Waals surface area contributed by atoms with Crippen LogP contribution in [0.2, 0.25) is 0 Å². The zero-order valence-corrected chi connectivity index (χ0v) is 5.87. The molecule has 6 heteroatoms. The molecule has 7 N–H and O–H groups in total. The van der Waals surface area contributed by atoms with Gasteiger partial charge in [-0.15, -0.1) is 0 Å². The first-order valence-corrected chi connectivity index (χ1v) is 3.16. The first-order valence-electron chi connectivity index (χ1n) is 1.93. The van der Waals surface area contributed by atoms with Crippen LogP contribution in [0.5, 0.6) is 0 Å². The molecule has 0 aromatic heterocycles. The Morgan fingerprint density at radius 2 is 1.56 bits per heavy atom. The van der Waals surface area contributed by atoms with E-state index in [1.54, 1.807) is 6.26 Å². The van der Waals surface area contributed by atoms with E-state index in [-0.39, 0.29) is 5.17 Å². The van der Waals surface area contributed by atoms with Crippen LogP contribution in [-0.2, 0) is 0 Å². The summed E-state index contributed by atoms with van der Waals surface area (Å²) in [6.07, 6.45) is 1.77. The fourth-order valence-corrected chi connectivity index (χ4v) is 0. The van der Waals surface area contributed by atoms with Crippen LogP contribution in [0.25, 0.3) is 0 Å². The Bertz CT molecular complexity index is 100.0. The van der Waals surface area contributed by atoms with Crippen molar-refractivity contribution in [3.8, 4) is 0 Å². The van der Waals surface area contributed by atoms with Crippen molar-refractivity contribution in [2.24, 2.45) is 17.2 Å². The summed E-state index contributed by atoms with van der Waals surface area (Å²) in [6, 6.07) is -0.833. The Kier molecular flexibility index (Phi) is 8.64. The number of amidine groups is 1. The molecule has 0 rings (SSSR count). The van der Waals surface area contributed by atoms with Crippen LogP contribution in [0.3, 0.4) is 0 Å². The highest BCUT2D eigenvalue weighted by molar-refractivity contribution is 8.13. The number of nitrogens with one attached hydrogen (secondary N) is 1. The van der Waals surface area contributed by atoms with Crippen molar-refractivity contribution in [3.05, 3.63) is 0 Å². The zero-order valence-electron chi connectivity index (χ0n) is 5.05. The molecular weight excluding hydrogens is 140 g/mol. The number of rotatable bonds is 0. The SMILES string of the molecule is CSC(=N)N.NC(N)=O. The minimum atomic E-state index is -0.833. The summed E-state index contributed by atoms with van der Waals surface area (Å²) in [4.78, 5) is 9.00. The third-order valence-corrected chi connectivity index (χ3v) is 0.660. The maximum Gasteiger partial charge on any atom is 0.309 e. The van der Waals surface area contributed by atoms with Gasteiger partial charge in [-0.1, -0.05) is 11.8 Å². The molecule has 0 unspecified atom stereocenters. The minimum absolute atomic E-state index is 0.171. The van der Waals surface area contributed by atoms with E-state index in [0.29, 0.717) is 0 Å². The Morgan fingerprint density at radius 1 is 1.44 bits per heavy atom. The van der Waals surface area contributed by atoms with E-state index >= 15 is 0 Å². The second kappa shape index (κ2) is 7.09. The molecule has 54 valence electrons. The number of amides is 2. The quantitative estimate of drug-likeness (QED) is 0.269. The minimum Gasteiger partial charge on any atom is -0.379 e. The molecule has 2 amide bonds. The third kappa shape index (κ3) is 155. The van der Waals surface area contributed by atoms with Crippen molar-refractivity contribution in [2.45, 2.75) is 0 Å². The highest BCUT2D eigenvalue weighted by Crippen LogP contribution is 1.83. The van der Waals surface area contributed by atoms with E-state index in [1.165, 1.54) is 11.8 Å². The van der Waals surface area contributed by atoms with Gasteiger partial charge in [-0.05, 0) is 6.26 Å². The molecule has 0 aliphatic heterocycles. The molecule has 0 bridgehead atoms.